The monoisotopic (exact) mass is 293 g/mol. The van der Waals surface area contributed by atoms with Crippen LogP contribution < -0.4 is 10.6 Å². The van der Waals surface area contributed by atoms with Crippen LogP contribution in [0.15, 0.2) is 24.0 Å². The predicted octanol–water partition coefficient (Wildman–Crippen LogP) is 1.52. The molecule has 0 fully saturated rings. The SMILES string of the molecule is COCc1cc(NCCC(=O)Nc2nccs2)ncn1. The summed E-state index contributed by atoms with van der Waals surface area (Å²) in [6, 6.07) is 1.79. The third-order valence-electron chi connectivity index (χ3n) is 2.35. The average molecular weight is 293 g/mol. The molecular formula is C12H15N5O2S. The van der Waals surface area contributed by atoms with Crippen LogP contribution in [-0.2, 0) is 16.1 Å². The van der Waals surface area contributed by atoms with Crippen molar-refractivity contribution in [2.75, 3.05) is 24.3 Å². The maximum Gasteiger partial charge on any atom is 0.227 e. The normalized spacial score (nSPS) is 10.2. The van der Waals surface area contributed by atoms with Gasteiger partial charge >= 0.3 is 0 Å². The quantitative estimate of drug-likeness (QED) is 0.804. The van der Waals surface area contributed by atoms with E-state index in [1.807, 2.05) is 5.38 Å². The van der Waals surface area contributed by atoms with Crippen molar-refractivity contribution in [3.63, 3.8) is 0 Å². The molecule has 2 rings (SSSR count). The number of methoxy groups -OCH3 is 1. The number of thiazole rings is 1. The lowest BCUT2D eigenvalue weighted by molar-refractivity contribution is -0.115. The van der Waals surface area contributed by atoms with Crippen LogP contribution >= 0.6 is 11.3 Å². The van der Waals surface area contributed by atoms with Gasteiger partial charge in [-0.1, -0.05) is 0 Å². The zero-order valence-electron chi connectivity index (χ0n) is 11.0. The summed E-state index contributed by atoms with van der Waals surface area (Å²) in [7, 11) is 1.61. The fraction of sp³-hybridized carbons (Fsp3) is 0.333. The van der Waals surface area contributed by atoms with Crippen LogP contribution in [0.5, 0.6) is 0 Å². The Morgan fingerprint density at radius 3 is 3.05 bits per heavy atom. The van der Waals surface area contributed by atoms with Gasteiger partial charge in [0.15, 0.2) is 5.13 Å². The van der Waals surface area contributed by atoms with Crippen molar-refractivity contribution >= 4 is 28.2 Å². The second-order valence-electron chi connectivity index (χ2n) is 3.89. The van der Waals surface area contributed by atoms with E-state index in [1.165, 1.54) is 17.7 Å². The van der Waals surface area contributed by atoms with Gasteiger partial charge in [-0.05, 0) is 0 Å². The highest BCUT2D eigenvalue weighted by Gasteiger charge is 2.04. The molecule has 0 aliphatic heterocycles. The maximum atomic E-state index is 11.6. The van der Waals surface area contributed by atoms with Gasteiger partial charge in [0, 0.05) is 37.7 Å². The molecule has 0 saturated heterocycles. The third kappa shape index (κ3) is 4.56. The van der Waals surface area contributed by atoms with E-state index in [0.29, 0.717) is 30.5 Å². The molecule has 0 aliphatic rings. The van der Waals surface area contributed by atoms with Crippen LogP contribution in [0.2, 0.25) is 0 Å². The van der Waals surface area contributed by atoms with Crippen LogP contribution in [0.4, 0.5) is 10.9 Å². The van der Waals surface area contributed by atoms with E-state index >= 15 is 0 Å². The highest BCUT2D eigenvalue weighted by atomic mass is 32.1. The molecule has 0 bridgehead atoms. The molecule has 0 spiro atoms. The Labute approximate surface area is 120 Å². The standard InChI is InChI=1S/C12H15N5O2S/c1-19-7-9-6-10(16-8-15-9)13-3-2-11(18)17-12-14-4-5-20-12/h4-6,8H,2-3,7H2,1H3,(H,13,15,16)(H,14,17,18). The van der Waals surface area contributed by atoms with Crippen LogP contribution in [0.3, 0.4) is 0 Å². The van der Waals surface area contributed by atoms with Gasteiger partial charge in [-0.15, -0.1) is 11.3 Å². The number of anilines is 2. The molecule has 0 unspecified atom stereocenters. The number of hydrogen-bond acceptors (Lipinski definition) is 7. The Kier molecular flexibility index (Phi) is 5.39. The number of carbonyl (C=O) groups is 1. The Balaban J connectivity index is 1.75. The van der Waals surface area contributed by atoms with Gasteiger partial charge in [0.05, 0.1) is 12.3 Å². The summed E-state index contributed by atoms with van der Waals surface area (Å²) in [4.78, 5) is 23.8. The van der Waals surface area contributed by atoms with Crippen molar-refractivity contribution in [2.45, 2.75) is 13.0 Å². The van der Waals surface area contributed by atoms with E-state index < -0.39 is 0 Å². The number of nitrogens with zero attached hydrogens (tertiary/aromatic N) is 3. The minimum absolute atomic E-state index is 0.0846. The highest BCUT2D eigenvalue weighted by molar-refractivity contribution is 7.13. The van der Waals surface area contributed by atoms with Crippen LogP contribution in [0.25, 0.3) is 0 Å². The molecule has 2 aromatic heterocycles. The van der Waals surface area contributed by atoms with E-state index in [2.05, 4.69) is 25.6 Å². The number of hydrogen-bond donors (Lipinski definition) is 2. The zero-order chi connectivity index (χ0) is 14.2. The van der Waals surface area contributed by atoms with E-state index in [1.54, 1.807) is 19.4 Å². The summed E-state index contributed by atoms with van der Waals surface area (Å²) < 4.78 is 5.00. The fourth-order valence-corrected chi connectivity index (χ4v) is 2.04. The number of carbonyl (C=O) groups excluding carboxylic acids is 1. The Hall–Kier alpha value is -2.06. The third-order valence-corrected chi connectivity index (χ3v) is 3.04. The van der Waals surface area contributed by atoms with Crippen molar-refractivity contribution in [3.05, 3.63) is 29.7 Å². The minimum Gasteiger partial charge on any atom is -0.378 e. The van der Waals surface area contributed by atoms with Gasteiger partial charge in [-0.2, -0.15) is 0 Å². The van der Waals surface area contributed by atoms with E-state index in [0.717, 1.165) is 5.69 Å². The molecule has 20 heavy (non-hydrogen) atoms. The number of rotatable bonds is 7. The van der Waals surface area contributed by atoms with Crippen molar-refractivity contribution in [1.29, 1.82) is 0 Å². The summed E-state index contributed by atoms with van der Waals surface area (Å²) in [6.07, 6.45) is 3.45. The lowest BCUT2D eigenvalue weighted by Crippen LogP contribution is -2.16. The molecule has 2 aromatic rings. The van der Waals surface area contributed by atoms with E-state index in [-0.39, 0.29) is 5.91 Å². The molecule has 0 aliphatic carbocycles. The first kappa shape index (κ1) is 14.4. The minimum atomic E-state index is -0.0846. The Bertz CT molecular complexity index is 547. The summed E-state index contributed by atoms with van der Waals surface area (Å²) >= 11 is 1.39. The maximum absolute atomic E-state index is 11.6. The zero-order valence-corrected chi connectivity index (χ0v) is 11.8. The number of amides is 1. The molecule has 0 radical (unpaired) electrons. The molecule has 8 heteroatoms. The molecule has 106 valence electrons. The molecule has 0 saturated carbocycles. The number of nitrogens with one attached hydrogen (secondary N) is 2. The lowest BCUT2D eigenvalue weighted by atomic mass is 10.3. The summed E-state index contributed by atoms with van der Waals surface area (Å²) in [5.74, 6) is 0.590. The van der Waals surface area contributed by atoms with Gasteiger partial charge in [0.2, 0.25) is 5.91 Å². The van der Waals surface area contributed by atoms with E-state index in [4.69, 9.17) is 4.74 Å². The van der Waals surface area contributed by atoms with Gasteiger partial charge < -0.3 is 15.4 Å². The number of aromatic nitrogens is 3. The highest BCUT2D eigenvalue weighted by Crippen LogP contribution is 2.10. The molecule has 2 N–H and O–H groups in total. The predicted molar refractivity (Wildman–Crippen MR) is 76.6 cm³/mol. The van der Waals surface area contributed by atoms with E-state index in [9.17, 15) is 4.79 Å². The topological polar surface area (TPSA) is 89.0 Å². The summed E-state index contributed by atoms with van der Waals surface area (Å²) in [5.41, 5.74) is 0.789. The molecular weight excluding hydrogens is 278 g/mol. The average Bonchev–Trinajstić information content (AvgIpc) is 2.92. The van der Waals surface area contributed by atoms with Gasteiger partial charge in [0.1, 0.15) is 12.1 Å². The second-order valence-corrected chi connectivity index (χ2v) is 4.78. The van der Waals surface area contributed by atoms with Crippen LogP contribution in [0.1, 0.15) is 12.1 Å². The van der Waals surface area contributed by atoms with Crippen molar-refractivity contribution < 1.29 is 9.53 Å². The van der Waals surface area contributed by atoms with Gasteiger partial charge in [0.25, 0.3) is 0 Å². The Morgan fingerprint density at radius 2 is 2.30 bits per heavy atom. The van der Waals surface area contributed by atoms with Crippen molar-refractivity contribution in [1.82, 2.24) is 15.0 Å². The molecule has 0 aromatic carbocycles. The van der Waals surface area contributed by atoms with Crippen LogP contribution in [0, 0.1) is 0 Å². The lowest BCUT2D eigenvalue weighted by Gasteiger charge is -2.06. The summed E-state index contributed by atoms with van der Waals surface area (Å²) in [5, 5.41) is 8.21. The largest absolute Gasteiger partial charge is 0.378 e. The van der Waals surface area contributed by atoms with Crippen molar-refractivity contribution in [3.8, 4) is 0 Å². The van der Waals surface area contributed by atoms with Gasteiger partial charge in [-0.25, -0.2) is 15.0 Å². The second kappa shape index (κ2) is 7.51. The molecule has 1 amide bonds. The molecule has 2 heterocycles. The fourth-order valence-electron chi connectivity index (χ4n) is 1.49. The number of ether oxygens (including phenoxy) is 1. The smallest absolute Gasteiger partial charge is 0.227 e. The first-order valence-electron chi connectivity index (χ1n) is 6.01. The first-order chi connectivity index (χ1) is 9.78. The molecule has 0 atom stereocenters. The Morgan fingerprint density at radius 1 is 1.40 bits per heavy atom. The summed E-state index contributed by atoms with van der Waals surface area (Å²) in [6.45, 7) is 0.919. The van der Waals surface area contributed by atoms with Crippen LogP contribution in [-0.4, -0.2) is 34.5 Å². The first-order valence-corrected chi connectivity index (χ1v) is 6.89. The van der Waals surface area contributed by atoms with Crippen molar-refractivity contribution in [2.24, 2.45) is 0 Å². The molecule has 7 nitrogen and oxygen atoms in total. The van der Waals surface area contributed by atoms with Gasteiger partial charge in [-0.3, -0.25) is 4.79 Å².